The Morgan fingerprint density at radius 2 is 2.08 bits per heavy atom. The SMILES string of the molecule is C#Cc1ccc(F)c(C(C)C)c1. The average Bonchev–Trinajstić information content (AvgIpc) is 2.05. The molecule has 0 amide bonds. The minimum absolute atomic E-state index is 0.177. The lowest BCUT2D eigenvalue weighted by molar-refractivity contribution is 0.598. The Labute approximate surface area is 72.4 Å². The van der Waals surface area contributed by atoms with E-state index < -0.39 is 0 Å². The van der Waals surface area contributed by atoms with Crippen LogP contribution in [0.5, 0.6) is 0 Å². The fourth-order valence-electron chi connectivity index (χ4n) is 1.08. The Bertz CT molecular complexity index is 318. The molecule has 0 fully saturated rings. The van der Waals surface area contributed by atoms with Gasteiger partial charge in [-0.25, -0.2) is 4.39 Å². The summed E-state index contributed by atoms with van der Waals surface area (Å²) in [6.45, 7) is 3.89. The van der Waals surface area contributed by atoms with Crippen LogP contribution in [0.1, 0.15) is 30.9 Å². The number of hydrogen-bond acceptors (Lipinski definition) is 0. The van der Waals surface area contributed by atoms with Crippen LogP contribution in [0, 0.1) is 18.2 Å². The molecule has 0 aliphatic carbocycles. The second-order valence-electron chi connectivity index (χ2n) is 3.04. The van der Waals surface area contributed by atoms with E-state index in [4.69, 9.17) is 6.42 Å². The van der Waals surface area contributed by atoms with Crippen LogP contribution in [-0.4, -0.2) is 0 Å². The molecule has 1 aromatic carbocycles. The summed E-state index contributed by atoms with van der Waals surface area (Å²) in [4.78, 5) is 0. The van der Waals surface area contributed by atoms with Gasteiger partial charge in [-0.3, -0.25) is 0 Å². The maximum atomic E-state index is 13.1. The highest BCUT2D eigenvalue weighted by Gasteiger charge is 2.05. The average molecular weight is 162 g/mol. The molecule has 62 valence electrons. The van der Waals surface area contributed by atoms with E-state index in [0.29, 0.717) is 5.56 Å². The first-order valence-corrected chi connectivity index (χ1v) is 3.91. The zero-order valence-electron chi connectivity index (χ0n) is 7.26. The van der Waals surface area contributed by atoms with Gasteiger partial charge in [0.15, 0.2) is 0 Å². The van der Waals surface area contributed by atoms with Gasteiger partial charge in [0.2, 0.25) is 0 Å². The molecule has 1 aromatic rings. The van der Waals surface area contributed by atoms with Crippen molar-refractivity contribution >= 4 is 0 Å². The highest BCUT2D eigenvalue weighted by Crippen LogP contribution is 2.19. The lowest BCUT2D eigenvalue weighted by atomic mass is 10.0. The second kappa shape index (κ2) is 3.40. The molecule has 0 aliphatic heterocycles. The van der Waals surface area contributed by atoms with E-state index in [2.05, 4.69) is 5.92 Å². The maximum Gasteiger partial charge on any atom is 0.126 e. The predicted octanol–water partition coefficient (Wildman–Crippen LogP) is 2.93. The van der Waals surface area contributed by atoms with Crippen LogP contribution in [0.4, 0.5) is 4.39 Å². The molecule has 0 N–H and O–H groups in total. The van der Waals surface area contributed by atoms with Gasteiger partial charge in [0.1, 0.15) is 5.82 Å². The molecule has 0 bridgehead atoms. The number of rotatable bonds is 1. The van der Waals surface area contributed by atoms with Crippen LogP contribution in [0.15, 0.2) is 18.2 Å². The maximum absolute atomic E-state index is 13.1. The van der Waals surface area contributed by atoms with Crippen LogP contribution in [0.25, 0.3) is 0 Å². The lowest BCUT2D eigenvalue weighted by Crippen LogP contribution is -1.93. The monoisotopic (exact) mass is 162 g/mol. The first-order valence-electron chi connectivity index (χ1n) is 3.91. The van der Waals surface area contributed by atoms with Crippen LogP contribution in [-0.2, 0) is 0 Å². The number of hydrogen-bond donors (Lipinski definition) is 0. The van der Waals surface area contributed by atoms with Crippen molar-refractivity contribution in [2.24, 2.45) is 0 Å². The van der Waals surface area contributed by atoms with E-state index in [-0.39, 0.29) is 11.7 Å². The molecule has 0 nitrogen and oxygen atoms in total. The molecule has 0 saturated carbocycles. The highest BCUT2D eigenvalue weighted by molar-refractivity contribution is 5.37. The Morgan fingerprint density at radius 1 is 1.42 bits per heavy atom. The van der Waals surface area contributed by atoms with E-state index in [1.807, 2.05) is 13.8 Å². The Balaban J connectivity index is 3.19. The zero-order valence-corrected chi connectivity index (χ0v) is 7.26. The van der Waals surface area contributed by atoms with Crippen molar-refractivity contribution in [2.45, 2.75) is 19.8 Å². The molecule has 0 atom stereocenters. The van der Waals surface area contributed by atoms with Gasteiger partial charge < -0.3 is 0 Å². The van der Waals surface area contributed by atoms with Crippen LogP contribution in [0.2, 0.25) is 0 Å². The third kappa shape index (κ3) is 1.65. The molecule has 0 aromatic heterocycles. The Kier molecular flexibility index (Phi) is 2.50. The Hall–Kier alpha value is -1.29. The summed E-state index contributed by atoms with van der Waals surface area (Å²) < 4.78 is 13.1. The normalized spacial score (nSPS) is 9.92. The van der Waals surface area contributed by atoms with Gasteiger partial charge in [-0.15, -0.1) is 6.42 Å². The minimum atomic E-state index is -0.177. The van der Waals surface area contributed by atoms with Crippen molar-refractivity contribution < 1.29 is 4.39 Å². The van der Waals surface area contributed by atoms with Gasteiger partial charge in [-0.1, -0.05) is 19.8 Å². The number of terminal acetylenes is 1. The van der Waals surface area contributed by atoms with Gasteiger partial charge in [0.05, 0.1) is 0 Å². The first-order chi connectivity index (χ1) is 5.65. The van der Waals surface area contributed by atoms with Crippen LogP contribution >= 0.6 is 0 Å². The van der Waals surface area contributed by atoms with Crippen molar-refractivity contribution in [3.63, 3.8) is 0 Å². The molecule has 12 heavy (non-hydrogen) atoms. The number of halogens is 1. The molecule has 0 spiro atoms. The van der Waals surface area contributed by atoms with Gasteiger partial charge in [-0.05, 0) is 29.7 Å². The quantitative estimate of drug-likeness (QED) is 0.557. The summed E-state index contributed by atoms with van der Waals surface area (Å²) in [6.07, 6.45) is 5.20. The molecule has 1 heteroatoms. The van der Waals surface area contributed by atoms with Crippen molar-refractivity contribution in [3.8, 4) is 12.3 Å². The van der Waals surface area contributed by atoms with Gasteiger partial charge in [0, 0.05) is 5.56 Å². The van der Waals surface area contributed by atoms with E-state index in [1.165, 1.54) is 6.07 Å². The van der Waals surface area contributed by atoms with E-state index in [0.717, 1.165) is 5.56 Å². The third-order valence-electron chi connectivity index (χ3n) is 1.78. The first kappa shape index (κ1) is 8.80. The molecular formula is C11H11F. The molecular weight excluding hydrogens is 151 g/mol. The van der Waals surface area contributed by atoms with E-state index in [1.54, 1.807) is 12.1 Å². The number of benzene rings is 1. The van der Waals surface area contributed by atoms with Crippen molar-refractivity contribution in [1.82, 2.24) is 0 Å². The summed E-state index contributed by atoms with van der Waals surface area (Å²) in [7, 11) is 0. The van der Waals surface area contributed by atoms with Crippen molar-refractivity contribution in [3.05, 3.63) is 35.1 Å². The molecule has 1 rings (SSSR count). The molecule has 0 heterocycles. The van der Waals surface area contributed by atoms with Crippen molar-refractivity contribution in [2.75, 3.05) is 0 Å². The summed E-state index contributed by atoms with van der Waals surface area (Å²) >= 11 is 0. The molecule has 0 aliphatic rings. The topological polar surface area (TPSA) is 0 Å². The summed E-state index contributed by atoms with van der Waals surface area (Å²) in [5.74, 6) is 2.48. The summed E-state index contributed by atoms with van der Waals surface area (Å²) in [5, 5.41) is 0. The predicted molar refractivity (Wildman–Crippen MR) is 48.4 cm³/mol. The van der Waals surface area contributed by atoms with E-state index >= 15 is 0 Å². The molecule has 0 saturated heterocycles. The molecule has 0 radical (unpaired) electrons. The fraction of sp³-hybridized carbons (Fsp3) is 0.273. The van der Waals surface area contributed by atoms with Crippen LogP contribution in [0.3, 0.4) is 0 Å². The largest absolute Gasteiger partial charge is 0.207 e. The van der Waals surface area contributed by atoms with Gasteiger partial charge >= 0.3 is 0 Å². The van der Waals surface area contributed by atoms with Gasteiger partial charge in [0.25, 0.3) is 0 Å². The fourth-order valence-corrected chi connectivity index (χ4v) is 1.08. The standard InChI is InChI=1S/C11H11F/c1-4-9-5-6-11(12)10(7-9)8(2)3/h1,5-8H,2-3H3. The molecule has 0 unspecified atom stereocenters. The minimum Gasteiger partial charge on any atom is -0.207 e. The summed E-state index contributed by atoms with van der Waals surface area (Å²) in [5.41, 5.74) is 1.42. The smallest absolute Gasteiger partial charge is 0.126 e. The van der Waals surface area contributed by atoms with Crippen LogP contribution < -0.4 is 0 Å². The second-order valence-corrected chi connectivity index (χ2v) is 3.04. The summed E-state index contributed by atoms with van der Waals surface area (Å²) in [6, 6.07) is 4.76. The Morgan fingerprint density at radius 3 is 2.58 bits per heavy atom. The van der Waals surface area contributed by atoms with Gasteiger partial charge in [-0.2, -0.15) is 0 Å². The highest BCUT2D eigenvalue weighted by atomic mass is 19.1. The third-order valence-corrected chi connectivity index (χ3v) is 1.78. The van der Waals surface area contributed by atoms with Crippen molar-refractivity contribution in [1.29, 1.82) is 0 Å². The van der Waals surface area contributed by atoms with E-state index in [9.17, 15) is 4.39 Å². The lowest BCUT2D eigenvalue weighted by Gasteiger charge is -2.06. The zero-order chi connectivity index (χ0) is 9.14.